The van der Waals surface area contributed by atoms with Gasteiger partial charge in [0.2, 0.25) is 0 Å². The Labute approximate surface area is 113 Å². The monoisotopic (exact) mass is 258 g/mol. The summed E-state index contributed by atoms with van der Waals surface area (Å²) in [6.45, 7) is 0.470. The van der Waals surface area contributed by atoms with E-state index < -0.39 is 0 Å². The lowest BCUT2D eigenvalue weighted by Crippen LogP contribution is -2.26. The molecule has 0 bridgehead atoms. The third-order valence-electron chi connectivity index (χ3n) is 2.93. The molecule has 1 heterocycles. The third kappa shape index (κ3) is 3.16. The van der Waals surface area contributed by atoms with Gasteiger partial charge in [-0.25, -0.2) is 0 Å². The highest BCUT2D eigenvalue weighted by atomic mass is 16.3. The van der Waals surface area contributed by atoms with E-state index in [0.29, 0.717) is 12.1 Å². The number of furan rings is 1. The maximum Gasteiger partial charge on any atom is 0.254 e. The maximum absolute atomic E-state index is 12.3. The van der Waals surface area contributed by atoms with Gasteiger partial charge in [-0.3, -0.25) is 4.79 Å². The normalized spacial score (nSPS) is 10.3. The van der Waals surface area contributed by atoms with Crippen molar-refractivity contribution in [1.29, 1.82) is 0 Å². The first-order valence-corrected chi connectivity index (χ1v) is 6.13. The first-order valence-electron chi connectivity index (χ1n) is 6.13. The molecular weight excluding hydrogens is 240 g/mol. The molecule has 0 unspecified atom stereocenters. The predicted octanol–water partition coefficient (Wildman–Crippen LogP) is 2.62. The van der Waals surface area contributed by atoms with Crippen molar-refractivity contribution >= 4 is 11.6 Å². The molecule has 100 valence electrons. The van der Waals surface area contributed by atoms with E-state index in [0.717, 1.165) is 11.4 Å². The number of amides is 1. The highest BCUT2D eigenvalue weighted by Crippen LogP contribution is 2.15. The van der Waals surface area contributed by atoms with Gasteiger partial charge in [0.1, 0.15) is 5.76 Å². The minimum atomic E-state index is -0.0138. The second-order valence-electron chi connectivity index (χ2n) is 4.69. The van der Waals surface area contributed by atoms with Gasteiger partial charge in [0, 0.05) is 32.4 Å². The fraction of sp³-hybridized carbons (Fsp3) is 0.267. The summed E-state index contributed by atoms with van der Waals surface area (Å²) in [5.41, 5.74) is 1.69. The first kappa shape index (κ1) is 13.2. The maximum atomic E-state index is 12.3. The van der Waals surface area contributed by atoms with Gasteiger partial charge in [-0.05, 0) is 30.3 Å². The molecule has 19 heavy (non-hydrogen) atoms. The van der Waals surface area contributed by atoms with E-state index in [1.165, 1.54) is 0 Å². The van der Waals surface area contributed by atoms with Crippen molar-refractivity contribution < 1.29 is 9.21 Å². The summed E-state index contributed by atoms with van der Waals surface area (Å²) in [7, 11) is 5.68. The minimum absolute atomic E-state index is 0.0138. The van der Waals surface area contributed by atoms with Gasteiger partial charge in [-0.2, -0.15) is 0 Å². The van der Waals surface area contributed by atoms with Gasteiger partial charge in [0.25, 0.3) is 5.91 Å². The fourth-order valence-electron chi connectivity index (χ4n) is 1.85. The summed E-state index contributed by atoms with van der Waals surface area (Å²) in [5.74, 6) is 0.764. The molecule has 0 aliphatic heterocycles. The van der Waals surface area contributed by atoms with Crippen LogP contribution in [0.5, 0.6) is 0 Å². The van der Waals surface area contributed by atoms with Crippen LogP contribution in [0, 0.1) is 0 Å². The van der Waals surface area contributed by atoms with E-state index in [1.807, 2.05) is 55.4 Å². The summed E-state index contributed by atoms with van der Waals surface area (Å²) in [6, 6.07) is 11.3. The van der Waals surface area contributed by atoms with Crippen LogP contribution in [0.25, 0.3) is 0 Å². The largest absolute Gasteiger partial charge is 0.467 e. The fourth-order valence-corrected chi connectivity index (χ4v) is 1.85. The lowest BCUT2D eigenvalue weighted by atomic mass is 10.1. The SMILES string of the molecule is CN(Cc1ccco1)C(=O)c1cccc(N(C)C)c1. The Hall–Kier alpha value is -2.23. The number of anilines is 1. The molecule has 4 heteroatoms. The van der Waals surface area contributed by atoms with Crippen molar-refractivity contribution in [2.45, 2.75) is 6.54 Å². The Morgan fingerprint density at radius 2 is 1.95 bits per heavy atom. The van der Waals surface area contributed by atoms with Crippen molar-refractivity contribution in [3.63, 3.8) is 0 Å². The molecule has 0 atom stereocenters. The van der Waals surface area contributed by atoms with Crippen LogP contribution in [-0.4, -0.2) is 32.0 Å². The number of carbonyl (C=O) groups excluding carboxylic acids is 1. The summed E-state index contributed by atoms with van der Waals surface area (Å²) in [6.07, 6.45) is 1.61. The number of benzene rings is 1. The van der Waals surface area contributed by atoms with Crippen LogP contribution in [0.1, 0.15) is 16.1 Å². The standard InChI is InChI=1S/C15H18N2O2/c1-16(2)13-7-4-6-12(10-13)15(18)17(3)11-14-8-5-9-19-14/h4-10H,11H2,1-3H3. The molecule has 0 saturated carbocycles. The molecular formula is C15H18N2O2. The molecule has 0 aliphatic carbocycles. The molecule has 1 aromatic carbocycles. The topological polar surface area (TPSA) is 36.7 Å². The summed E-state index contributed by atoms with van der Waals surface area (Å²) < 4.78 is 5.25. The Morgan fingerprint density at radius 1 is 1.16 bits per heavy atom. The summed E-state index contributed by atoms with van der Waals surface area (Å²) in [4.78, 5) is 15.9. The Bertz CT molecular complexity index is 547. The van der Waals surface area contributed by atoms with Crippen LogP contribution in [0.3, 0.4) is 0 Å². The van der Waals surface area contributed by atoms with Crippen LogP contribution in [-0.2, 0) is 6.54 Å². The van der Waals surface area contributed by atoms with Gasteiger partial charge in [0.05, 0.1) is 12.8 Å². The van der Waals surface area contributed by atoms with Crippen molar-refractivity contribution in [2.24, 2.45) is 0 Å². The van der Waals surface area contributed by atoms with E-state index in [-0.39, 0.29) is 5.91 Å². The number of hydrogen-bond donors (Lipinski definition) is 0. The average molecular weight is 258 g/mol. The van der Waals surface area contributed by atoms with Crippen molar-refractivity contribution in [3.8, 4) is 0 Å². The van der Waals surface area contributed by atoms with Gasteiger partial charge >= 0.3 is 0 Å². The zero-order valence-electron chi connectivity index (χ0n) is 11.5. The molecule has 2 rings (SSSR count). The lowest BCUT2D eigenvalue weighted by molar-refractivity contribution is 0.0775. The van der Waals surface area contributed by atoms with Crippen LogP contribution >= 0.6 is 0 Å². The molecule has 0 saturated heterocycles. The van der Waals surface area contributed by atoms with E-state index in [4.69, 9.17) is 4.42 Å². The van der Waals surface area contributed by atoms with Crippen LogP contribution in [0.2, 0.25) is 0 Å². The van der Waals surface area contributed by atoms with E-state index in [2.05, 4.69) is 0 Å². The Balaban J connectivity index is 2.12. The van der Waals surface area contributed by atoms with E-state index in [1.54, 1.807) is 18.2 Å². The van der Waals surface area contributed by atoms with Gasteiger partial charge in [0.15, 0.2) is 0 Å². The minimum Gasteiger partial charge on any atom is -0.467 e. The molecule has 0 N–H and O–H groups in total. The van der Waals surface area contributed by atoms with Gasteiger partial charge in [-0.1, -0.05) is 6.07 Å². The molecule has 2 aromatic rings. The van der Waals surface area contributed by atoms with E-state index >= 15 is 0 Å². The zero-order valence-corrected chi connectivity index (χ0v) is 11.5. The summed E-state index contributed by atoms with van der Waals surface area (Å²) in [5, 5.41) is 0. The zero-order chi connectivity index (χ0) is 13.8. The van der Waals surface area contributed by atoms with E-state index in [9.17, 15) is 4.79 Å². The highest BCUT2D eigenvalue weighted by Gasteiger charge is 2.13. The number of carbonyl (C=O) groups is 1. The molecule has 1 aromatic heterocycles. The van der Waals surface area contributed by atoms with Gasteiger partial charge < -0.3 is 14.2 Å². The molecule has 0 spiro atoms. The lowest BCUT2D eigenvalue weighted by Gasteiger charge is -2.18. The Kier molecular flexibility index (Phi) is 3.90. The van der Waals surface area contributed by atoms with Crippen LogP contribution in [0.4, 0.5) is 5.69 Å². The van der Waals surface area contributed by atoms with Crippen molar-refractivity contribution in [2.75, 3.05) is 26.0 Å². The number of rotatable bonds is 4. The Morgan fingerprint density at radius 3 is 2.58 bits per heavy atom. The number of hydrogen-bond acceptors (Lipinski definition) is 3. The quantitative estimate of drug-likeness (QED) is 0.846. The molecule has 0 fully saturated rings. The smallest absolute Gasteiger partial charge is 0.254 e. The molecule has 0 radical (unpaired) electrons. The second-order valence-corrected chi connectivity index (χ2v) is 4.69. The van der Waals surface area contributed by atoms with Crippen molar-refractivity contribution in [1.82, 2.24) is 4.90 Å². The number of nitrogens with zero attached hydrogens (tertiary/aromatic N) is 2. The van der Waals surface area contributed by atoms with Crippen LogP contribution in [0.15, 0.2) is 47.1 Å². The second kappa shape index (κ2) is 5.61. The van der Waals surface area contributed by atoms with Crippen molar-refractivity contribution in [3.05, 3.63) is 54.0 Å². The van der Waals surface area contributed by atoms with Crippen LogP contribution < -0.4 is 4.90 Å². The molecule has 4 nitrogen and oxygen atoms in total. The first-order chi connectivity index (χ1) is 9.08. The molecule has 0 aliphatic rings. The van der Waals surface area contributed by atoms with Gasteiger partial charge in [-0.15, -0.1) is 0 Å². The average Bonchev–Trinajstić information content (AvgIpc) is 2.90. The molecule has 1 amide bonds. The highest BCUT2D eigenvalue weighted by molar-refractivity contribution is 5.94. The summed E-state index contributed by atoms with van der Waals surface area (Å²) >= 11 is 0. The predicted molar refractivity (Wildman–Crippen MR) is 75.3 cm³/mol. The third-order valence-corrected chi connectivity index (χ3v) is 2.93.